The van der Waals surface area contributed by atoms with Crippen molar-refractivity contribution in [3.05, 3.63) is 56.7 Å². The van der Waals surface area contributed by atoms with Crippen molar-refractivity contribution in [1.82, 2.24) is 9.55 Å². The number of rotatable bonds is 4. The highest BCUT2D eigenvalue weighted by Gasteiger charge is 2.28. The molecule has 0 spiro atoms. The summed E-state index contributed by atoms with van der Waals surface area (Å²) in [4.78, 5) is 30.1. The fourth-order valence-electron chi connectivity index (χ4n) is 2.99. The molecule has 6 heteroatoms. The molecule has 0 saturated carbocycles. The van der Waals surface area contributed by atoms with Crippen LogP contribution in [0.3, 0.4) is 0 Å². The van der Waals surface area contributed by atoms with Gasteiger partial charge in [-0.2, -0.15) is 0 Å². The normalized spacial score (nSPS) is 13.5. The van der Waals surface area contributed by atoms with Gasteiger partial charge >= 0.3 is 5.69 Å². The second kappa shape index (κ2) is 5.71. The van der Waals surface area contributed by atoms with E-state index in [0.29, 0.717) is 18.2 Å². The Morgan fingerprint density at radius 2 is 1.86 bits per heavy atom. The third-order valence-electron chi connectivity index (χ3n) is 4.07. The van der Waals surface area contributed by atoms with Crippen molar-refractivity contribution in [2.75, 3.05) is 30.1 Å². The van der Waals surface area contributed by atoms with E-state index in [2.05, 4.69) is 22.0 Å². The molecule has 1 aromatic heterocycles. The van der Waals surface area contributed by atoms with E-state index in [1.54, 1.807) is 7.05 Å². The van der Waals surface area contributed by atoms with E-state index in [-0.39, 0.29) is 11.2 Å². The van der Waals surface area contributed by atoms with Gasteiger partial charge in [0.15, 0.2) is 0 Å². The van der Waals surface area contributed by atoms with Gasteiger partial charge in [0.05, 0.1) is 6.67 Å². The Morgan fingerprint density at radius 1 is 1.14 bits per heavy atom. The Balaban J connectivity index is 1.78. The van der Waals surface area contributed by atoms with Crippen molar-refractivity contribution in [2.24, 2.45) is 7.05 Å². The van der Waals surface area contributed by atoms with Gasteiger partial charge in [-0.15, -0.1) is 0 Å². The number of aryl methyl sites for hydroxylation is 1. The molecule has 1 N–H and O–H groups in total. The predicted molar refractivity (Wildman–Crippen MR) is 87.7 cm³/mol. The van der Waals surface area contributed by atoms with Crippen LogP contribution in [-0.4, -0.2) is 29.8 Å². The molecule has 3 rings (SSSR count). The van der Waals surface area contributed by atoms with Gasteiger partial charge in [-0.1, -0.05) is 30.3 Å². The summed E-state index contributed by atoms with van der Waals surface area (Å²) in [6.45, 7) is 1.44. The number of nitrogens with zero attached hydrogens (tertiary/aromatic N) is 3. The summed E-state index contributed by atoms with van der Waals surface area (Å²) >= 11 is 0. The largest absolute Gasteiger partial charge is 0.349 e. The molecule has 116 valence electrons. The molecule has 2 aromatic rings. The lowest BCUT2D eigenvalue weighted by Crippen LogP contribution is -2.32. The third kappa shape index (κ3) is 2.52. The first-order valence-electron chi connectivity index (χ1n) is 7.41. The molecule has 1 aromatic carbocycles. The van der Waals surface area contributed by atoms with Crippen LogP contribution in [0.2, 0.25) is 0 Å². The molecule has 0 fully saturated rings. The SMILES string of the molecule is CN1CN(CCCc2ccccc2)c2c1c(=O)[nH]c(=O)n2C. The number of H-pyrrole nitrogens is 1. The second-order valence-electron chi connectivity index (χ2n) is 5.68. The first-order chi connectivity index (χ1) is 10.6. The summed E-state index contributed by atoms with van der Waals surface area (Å²) in [6, 6.07) is 10.3. The molecular weight excluding hydrogens is 280 g/mol. The zero-order chi connectivity index (χ0) is 15.7. The third-order valence-corrected chi connectivity index (χ3v) is 4.07. The summed E-state index contributed by atoms with van der Waals surface area (Å²) < 4.78 is 1.52. The van der Waals surface area contributed by atoms with Gasteiger partial charge in [-0.05, 0) is 18.4 Å². The van der Waals surface area contributed by atoms with Crippen LogP contribution in [0.15, 0.2) is 39.9 Å². The minimum Gasteiger partial charge on any atom is -0.349 e. The molecule has 0 radical (unpaired) electrons. The summed E-state index contributed by atoms with van der Waals surface area (Å²) in [7, 11) is 3.57. The van der Waals surface area contributed by atoms with Gasteiger partial charge < -0.3 is 9.80 Å². The number of benzene rings is 1. The van der Waals surface area contributed by atoms with Crippen molar-refractivity contribution in [1.29, 1.82) is 0 Å². The molecule has 0 bridgehead atoms. The number of fused-ring (bicyclic) bond motifs is 1. The molecule has 0 atom stereocenters. The summed E-state index contributed by atoms with van der Waals surface area (Å²) in [6.07, 6.45) is 1.95. The minimum atomic E-state index is -0.368. The average Bonchev–Trinajstić information content (AvgIpc) is 2.83. The first-order valence-corrected chi connectivity index (χ1v) is 7.41. The van der Waals surface area contributed by atoms with Crippen LogP contribution in [0.5, 0.6) is 0 Å². The first kappa shape index (κ1) is 14.4. The lowest BCUT2D eigenvalue weighted by molar-refractivity contribution is 0.709. The van der Waals surface area contributed by atoms with E-state index in [1.807, 2.05) is 30.1 Å². The quantitative estimate of drug-likeness (QED) is 0.912. The van der Waals surface area contributed by atoms with Gasteiger partial charge in [0.1, 0.15) is 11.5 Å². The van der Waals surface area contributed by atoms with E-state index in [9.17, 15) is 9.59 Å². The van der Waals surface area contributed by atoms with E-state index in [1.165, 1.54) is 10.1 Å². The minimum absolute atomic E-state index is 0.314. The van der Waals surface area contributed by atoms with E-state index in [4.69, 9.17) is 0 Å². The molecular formula is C16H20N4O2. The fourth-order valence-corrected chi connectivity index (χ4v) is 2.99. The highest BCUT2D eigenvalue weighted by Crippen LogP contribution is 2.29. The van der Waals surface area contributed by atoms with E-state index >= 15 is 0 Å². The molecule has 0 amide bonds. The molecule has 6 nitrogen and oxygen atoms in total. The molecule has 1 aliphatic heterocycles. The van der Waals surface area contributed by atoms with Crippen LogP contribution in [-0.2, 0) is 13.5 Å². The summed E-state index contributed by atoms with van der Waals surface area (Å²) in [5.41, 5.74) is 1.19. The Labute approximate surface area is 128 Å². The molecule has 22 heavy (non-hydrogen) atoms. The van der Waals surface area contributed by atoms with Gasteiger partial charge in [0.25, 0.3) is 5.56 Å². The Bertz CT molecular complexity index is 779. The molecule has 2 heterocycles. The molecule has 1 aliphatic rings. The monoisotopic (exact) mass is 300 g/mol. The maximum atomic E-state index is 12.0. The Kier molecular flexibility index (Phi) is 3.75. The van der Waals surface area contributed by atoms with Crippen LogP contribution in [0.25, 0.3) is 0 Å². The van der Waals surface area contributed by atoms with Gasteiger partial charge in [-0.25, -0.2) is 4.79 Å². The van der Waals surface area contributed by atoms with Gasteiger partial charge in [-0.3, -0.25) is 14.3 Å². The highest BCUT2D eigenvalue weighted by atomic mass is 16.2. The lowest BCUT2D eigenvalue weighted by Gasteiger charge is -2.20. The Morgan fingerprint density at radius 3 is 2.59 bits per heavy atom. The topological polar surface area (TPSA) is 61.3 Å². The smallest absolute Gasteiger partial charge is 0.329 e. The van der Waals surface area contributed by atoms with E-state index < -0.39 is 0 Å². The van der Waals surface area contributed by atoms with Crippen LogP contribution in [0.1, 0.15) is 12.0 Å². The number of hydrogen-bond acceptors (Lipinski definition) is 4. The van der Waals surface area contributed by atoms with Crippen molar-refractivity contribution in [3.8, 4) is 0 Å². The fraction of sp³-hybridized carbons (Fsp3) is 0.375. The number of aromatic amines is 1. The van der Waals surface area contributed by atoms with E-state index in [0.717, 1.165) is 19.4 Å². The van der Waals surface area contributed by atoms with Crippen molar-refractivity contribution in [3.63, 3.8) is 0 Å². The number of nitrogens with one attached hydrogen (secondary N) is 1. The summed E-state index contributed by atoms with van der Waals surface area (Å²) in [5.74, 6) is 0.712. The number of aromatic nitrogens is 2. The second-order valence-corrected chi connectivity index (χ2v) is 5.68. The number of hydrogen-bond donors (Lipinski definition) is 1. The van der Waals surface area contributed by atoms with Crippen LogP contribution in [0.4, 0.5) is 11.5 Å². The zero-order valence-electron chi connectivity index (χ0n) is 12.9. The van der Waals surface area contributed by atoms with Crippen molar-refractivity contribution >= 4 is 11.5 Å². The van der Waals surface area contributed by atoms with Gasteiger partial charge in [0, 0.05) is 20.6 Å². The van der Waals surface area contributed by atoms with Crippen molar-refractivity contribution in [2.45, 2.75) is 12.8 Å². The standard InChI is InChI=1S/C16H20N4O2/c1-18-11-20(10-6-9-12-7-4-3-5-8-12)15-13(18)14(21)17-16(22)19(15)2/h3-5,7-8H,6,9-11H2,1-2H3,(H,17,21,22). The number of anilines is 2. The average molecular weight is 300 g/mol. The highest BCUT2D eigenvalue weighted by molar-refractivity contribution is 5.71. The van der Waals surface area contributed by atoms with Crippen LogP contribution < -0.4 is 21.0 Å². The van der Waals surface area contributed by atoms with Crippen LogP contribution in [0, 0.1) is 0 Å². The molecule has 0 aliphatic carbocycles. The predicted octanol–water partition coefficient (Wildman–Crippen LogP) is 0.920. The maximum Gasteiger partial charge on any atom is 0.329 e. The van der Waals surface area contributed by atoms with Crippen molar-refractivity contribution < 1.29 is 0 Å². The van der Waals surface area contributed by atoms with Crippen LogP contribution >= 0.6 is 0 Å². The zero-order valence-corrected chi connectivity index (χ0v) is 12.9. The Hall–Kier alpha value is -2.50. The van der Waals surface area contributed by atoms with Gasteiger partial charge in [0.2, 0.25) is 0 Å². The lowest BCUT2D eigenvalue weighted by atomic mass is 10.1. The summed E-state index contributed by atoms with van der Waals surface area (Å²) in [5, 5.41) is 0. The molecule has 0 saturated heterocycles. The maximum absolute atomic E-state index is 12.0. The molecule has 0 unspecified atom stereocenters.